The molecule has 11 nitrogen and oxygen atoms in total. The van der Waals surface area contributed by atoms with Crippen molar-refractivity contribution in [2.45, 2.75) is 37.1 Å². The van der Waals surface area contributed by atoms with Gasteiger partial charge in [0.15, 0.2) is 21.3 Å². The number of aromatic nitrogens is 2. The molecule has 1 aromatic heterocycles. The van der Waals surface area contributed by atoms with E-state index in [0.717, 1.165) is 5.56 Å². The highest BCUT2D eigenvalue weighted by Crippen LogP contribution is 2.32. The number of amides is 1. The predicted molar refractivity (Wildman–Crippen MR) is 144 cm³/mol. The molecule has 4 rings (SSSR count). The van der Waals surface area contributed by atoms with Crippen LogP contribution in [0.15, 0.2) is 65.7 Å². The van der Waals surface area contributed by atoms with Crippen LogP contribution in [0.5, 0.6) is 11.5 Å². The predicted octanol–water partition coefficient (Wildman–Crippen LogP) is 2.03. The maximum Gasteiger partial charge on any atom is 0.242 e. The minimum Gasteiger partial charge on any atom is -0.486 e. The monoisotopic (exact) mass is 576 g/mol. The molecule has 3 aromatic rings. The second-order valence-corrected chi connectivity index (χ2v) is 13.4. The van der Waals surface area contributed by atoms with Gasteiger partial charge in [0, 0.05) is 18.2 Å². The van der Waals surface area contributed by atoms with Crippen molar-refractivity contribution in [2.75, 3.05) is 19.0 Å². The lowest BCUT2D eigenvalue weighted by atomic mass is 9.98. The summed E-state index contributed by atoms with van der Waals surface area (Å²) in [5.74, 6) is -1.81. The van der Waals surface area contributed by atoms with E-state index in [-0.39, 0.29) is 16.6 Å². The van der Waals surface area contributed by atoms with E-state index in [9.17, 15) is 21.6 Å². The lowest BCUT2D eigenvalue weighted by Crippen LogP contribution is -2.53. The molecule has 3 atom stereocenters. The Morgan fingerprint density at radius 2 is 1.72 bits per heavy atom. The number of rotatable bonds is 12. The number of carbonyl (C=O) groups is 1. The molecule has 0 radical (unpaired) electrons. The highest BCUT2D eigenvalue weighted by atomic mass is 32.2. The van der Waals surface area contributed by atoms with Crippen LogP contribution in [-0.2, 0) is 36.8 Å². The summed E-state index contributed by atoms with van der Waals surface area (Å²) >= 11 is 0. The van der Waals surface area contributed by atoms with E-state index in [1.165, 1.54) is 31.3 Å². The van der Waals surface area contributed by atoms with Gasteiger partial charge in [-0.2, -0.15) is 9.82 Å². The Morgan fingerprint density at radius 1 is 1.00 bits per heavy atom. The van der Waals surface area contributed by atoms with Crippen molar-refractivity contribution < 1.29 is 31.1 Å². The Morgan fingerprint density at radius 3 is 2.41 bits per heavy atom. The zero-order chi connectivity index (χ0) is 28.0. The van der Waals surface area contributed by atoms with Gasteiger partial charge in [-0.25, -0.2) is 16.8 Å². The molecule has 0 fully saturated rings. The number of hydrogen-bond acceptors (Lipinski definition) is 8. The summed E-state index contributed by atoms with van der Waals surface area (Å²) in [7, 11) is -7.74. The quantitative estimate of drug-likeness (QED) is 0.277. The van der Waals surface area contributed by atoms with Crippen molar-refractivity contribution in [3.05, 3.63) is 72.1 Å². The van der Waals surface area contributed by atoms with E-state index in [1.54, 1.807) is 6.07 Å². The van der Waals surface area contributed by atoms with Gasteiger partial charge in [-0.3, -0.25) is 9.89 Å². The Hall–Kier alpha value is -3.42. The summed E-state index contributed by atoms with van der Waals surface area (Å²) in [5, 5.41) is 9.09. The average Bonchev–Trinajstić information content (AvgIpc) is 3.40. The first kappa shape index (κ1) is 28.6. The molecule has 2 heterocycles. The highest BCUT2D eigenvalue weighted by Gasteiger charge is 2.30. The van der Waals surface area contributed by atoms with E-state index >= 15 is 0 Å². The number of aromatic amines is 1. The molecule has 0 bridgehead atoms. The molecule has 3 N–H and O–H groups in total. The van der Waals surface area contributed by atoms with Gasteiger partial charge in [0.25, 0.3) is 0 Å². The Kier molecular flexibility index (Phi) is 8.93. The maximum atomic E-state index is 13.4. The minimum atomic E-state index is -4.10. The molecule has 0 aliphatic carbocycles. The van der Waals surface area contributed by atoms with Gasteiger partial charge in [-0.15, -0.1) is 0 Å². The Labute approximate surface area is 228 Å². The summed E-state index contributed by atoms with van der Waals surface area (Å²) in [6, 6.07) is 15.3. The number of benzene rings is 2. The van der Waals surface area contributed by atoms with E-state index in [0.29, 0.717) is 36.8 Å². The lowest BCUT2D eigenvalue weighted by molar-refractivity contribution is -0.125. The fourth-order valence-corrected chi connectivity index (χ4v) is 7.17. The van der Waals surface area contributed by atoms with Crippen LogP contribution in [0, 0.1) is 11.8 Å². The van der Waals surface area contributed by atoms with Crippen molar-refractivity contribution in [3.63, 3.8) is 0 Å². The van der Waals surface area contributed by atoms with Gasteiger partial charge in [-0.1, -0.05) is 44.2 Å². The maximum absolute atomic E-state index is 13.4. The first-order valence-corrected chi connectivity index (χ1v) is 15.8. The SMILES string of the molecule is CC(CS(=O)(=O)Cc1ccn[nH]1)C(=O)N[C@@H](NS(=O)(=O)c1ccc2c(c1)OCCO2)[C@@H](C)Cc1ccccc1. The number of sulfonamides is 1. The molecule has 1 unspecified atom stereocenters. The molecule has 39 heavy (non-hydrogen) atoms. The van der Waals surface area contributed by atoms with Gasteiger partial charge >= 0.3 is 0 Å². The van der Waals surface area contributed by atoms with Crippen molar-refractivity contribution in [2.24, 2.45) is 11.8 Å². The number of nitrogens with zero attached hydrogens (tertiary/aromatic N) is 1. The molecular weight excluding hydrogens is 544 g/mol. The Balaban J connectivity index is 1.51. The van der Waals surface area contributed by atoms with Crippen LogP contribution < -0.4 is 19.5 Å². The molecule has 0 saturated carbocycles. The number of H-pyrrole nitrogens is 1. The fourth-order valence-electron chi connectivity index (χ4n) is 4.23. The third kappa shape index (κ3) is 7.80. The average molecular weight is 577 g/mol. The summed E-state index contributed by atoms with van der Waals surface area (Å²) < 4.78 is 65.6. The number of ether oxygens (including phenoxy) is 2. The molecule has 1 aliphatic heterocycles. The van der Waals surface area contributed by atoms with Crippen LogP contribution in [0.4, 0.5) is 0 Å². The van der Waals surface area contributed by atoms with Gasteiger partial charge in [-0.05, 0) is 36.1 Å². The number of nitrogens with one attached hydrogen (secondary N) is 3. The van der Waals surface area contributed by atoms with Gasteiger partial charge in [0.05, 0.1) is 28.3 Å². The molecule has 1 aliphatic rings. The van der Waals surface area contributed by atoms with Crippen molar-refractivity contribution in [3.8, 4) is 11.5 Å². The van der Waals surface area contributed by atoms with Crippen LogP contribution in [0.1, 0.15) is 25.1 Å². The first-order chi connectivity index (χ1) is 18.5. The van der Waals surface area contributed by atoms with Gasteiger partial charge in [0.2, 0.25) is 15.9 Å². The third-order valence-electron chi connectivity index (χ3n) is 6.26. The summed E-state index contributed by atoms with van der Waals surface area (Å²) in [6.45, 7) is 3.98. The molecule has 1 amide bonds. The topological polar surface area (TPSA) is 157 Å². The summed E-state index contributed by atoms with van der Waals surface area (Å²) in [5.41, 5.74) is 1.38. The smallest absolute Gasteiger partial charge is 0.242 e. The van der Waals surface area contributed by atoms with Crippen LogP contribution in [0.25, 0.3) is 0 Å². The normalized spacial score (nSPS) is 15.7. The van der Waals surface area contributed by atoms with Crippen LogP contribution in [0.2, 0.25) is 0 Å². The van der Waals surface area contributed by atoms with Crippen LogP contribution >= 0.6 is 0 Å². The number of carbonyl (C=O) groups excluding carboxylic acids is 1. The third-order valence-corrected chi connectivity index (χ3v) is 9.46. The number of hydrogen-bond donors (Lipinski definition) is 3. The van der Waals surface area contributed by atoms with Crippen LogP contribution in [0.3, 0.4) is 0 Å². The molecule has 0 saturated heterocycles. The van der Waals surface area contributed by atoms with Gasteiger partial charge in [0.1, 0.15) is 13.2 Å². The molecular formula is C26H32N4O7S2. The van der Waals surface area contributed by atoms with Crippen molar-refractivity contribution in [1.29, 1.82) is 0 Å². The van der Waals surface area contributed by atoms with Crippen LogP contribution in [-0.4, -0.2) is 58.1 Å². The van der Waals surface area contributed by atoms with Gasteiger partial charge < -0.3 is 14.8 Å². The van der Waals surface area contributed by atoms with E-state index in [4.69, 9.17) is 9.47 Å². The summed E-state index contributed by atoms with van der Waals surface area (Å²) in [4.78, 5) is 13.1. The van der Waals surface area contributed by atoms with E-state index in [1.807, 2.05) is 37.3 Å². The van der Waals surface area contributed by atoms with E-state index < -0.39 is 43.6 Å². The number of fused-ring (bicyclic) bond motifs is 1. The lowest BCUT2D eigenvalue weighted by Gasteiger charge is -2.28. The second-order valence-electron chi connectivity index (χ2n) is 9.62. The number of sulfone groups is 1. The highest BCUT2D eigenvalue weighted by molar-refractivity contribution is 7.90. The minimum absolute atomic E-state index is 0.0481. The Bertz CT molecular complexity index is 1480. The first-order valence-electron chi connectivity index (χ1n) is 12.5. The standard InChI is InChI=1S/C26H32N4O7S2/c1-18(14-20-6-4-3-5-7-20)25(28-26(31)19(2)16-38(32,33)17-21-10-11-27-29-21)30-39(34,35)22-8-9-23-24(15-22)37-13-12-36-23/h3-11,15,18-19,25,30H,12-14,16-17H2,1-2H3,(H,27,29)(H,28,31)/t18-,19?,25-/m0/s1. The van der Waals surface area contributed by atoms with E-state index in [2.05, 4.69) is 20.2 Å². The molecule has 0 spiro atoms. The fraction of sp³-hybridized carbons (Fsp3) is 0.385. The molecule has 210 valence electrons. The second kappa shape index (κ2) is 12.2. The largest absolute Gasteiger partial charge is 0.486 e. The zero-order valence-electron chi connectivity index (χ0n) is 21.7. The zero-order valence-corrected chi connectivity index (χ0v) is 23.3. The molecule has 2 aromatic carbocycles. The summed E-state index contributed by atoms with van der Waals surface area (Å²) in [6.07, 6.45) is 0.892. The van der Waals surface area contributed by atoms with Crippen molar-refractivity contribution >= 4 is 25.8 Å². The van der Waals surface area contributed by atoms with Crippen molar-refractivity contribution in [1.82, 2.24) is 20.2 Å². The molecule has 13 heteroatoms.